The summed E-state index contributed by atoms with van der Waals surface area (Å²) in [5.74, 6) is -0.622. The summed E-state index contributed by atoms with van der Waals surface area (Å²) in [4.78, 5) is 23.4. The largest absolute Gasteiger partial charge is 0.354 e. The van der Waals surface area contributed by atoms with Gasteiger partial charge in [-0.1, -0.05) is 44.2 Å². The second-order valence-electron chi connectivity index (χ2n) is 7.49. The highest BCUT2D eigenvalue weighted by molar-refractivity contribution is 7.89. The molecule has 0 radical (unpaired) electrons. The minimum absolute atomic E-state index is 0.0477. The molecule has 0 aromatic heterocycles. The van der Waals surface area contributed by atoms with Crippen molar-refractivity contribution in [3.8, 4) is 0 Å². The van der Waals surface area contributed by atoms with E-state index in [1.54, 1.807) is 0 Å². The Kier molecular flexibility index (Phi) is 7.16. The Morgan fingerprint density at radius 2 is 1.59 bits per heavy atom. The second-order valence-corrected chi connectivity index (χ2v) is 9.54. The number of nitrogens with one attached hydrogen (secondary N) is 2. The van der Waals surface area contributed by atoms with Gasteiger partial charge in [0.25, 0.3) is 0 Å². The molecule has 8 heteroatoms. The van der Waals surface area contributed by atoms with Gasteiger partial charge in [0.15, 0.2) is 0 Å². The first kappa shape index (κ1) is 22.6. The van der Waals surface area contributed by atoms with Crippen LogP contribution < -0.4 is 10.6 Å². The monoisotopic (exact) mass is 417 g/mol. The minimum atomic E-state index is -3.83. The Balaban J connectivity index is 1.98. The number of carbonyl (C=O) groups is 2. The van der Waals surface area contributed by atoms with Crippen LogP contribution in [-0.4, -0.2) is 44.7 Å². The quantitative estimate of drug-likeness (QED) is 0.689. The number of nitrogens with zero attached hydrogens (tertiary/aromatic N) is 1. The number of hydrogen-bond acceptors (Lipinski definition) is 4. The second kappa shape index (κ2) is 9.19. The highest BCUT2D eigenvalue weighted by atomic mass is 32.2. The van der Waals surface area contributed by atoms with Crippen molar-refractivity contribution >= 4 is 27.5 Å². The Hall–Kier alpha value is -2.71. The Morgan fingerprint density at radius 3 is 2.14 bits per heavy atom. The van der Waals surface area contributed by atoms with E-state index in [1.807, 2.05) is 44.2 Å². The summed E-state index contributed by atoms with van der Waals surface area (Å²) in [5, 5.41) is 5.39. The smallest absolute Gasteiger partial charge is 0.243 e. The lowest BCUT2D eigenvalue weighted by Crippen LogP contribution is -2.42. The van der Waals surface area contributed by atoms with E-state index in [0.717, 1.165) is 9.87 Å². The van der Waals surface area contributed by atoms with Crippen molar-refractivity contribution in [2.75, 3.05) is 25.5 Å². The summed E-state index contributed by atoms with van der Waals surface area (Å²) >= 11 is 0. The normalized spacial score (nSPS) is 11.9. The predicted octanol–water partition coefficient (Wildman–Crippen LogP) is 2.36. The summed E-state index contributed by atoms with van der Waals surface area (Å²) in [6.45, 7) is 5.49. The van der Waals surface area contributed by atoms with Crippen LogP contribution in [0.5, 0.6) is 0 Å². The van der Waals surface area contributed by atoms with Crippen LogP contribution in [0.1, 0.15) is 26.3 Å². The molecule has 156 valence electrons. The summed E-state index contributed by atoms with van der Waals surface area (Å²) in [6.07, 6.45) is 0. The van der Waals surface area contributed by atoms with Crippen LogP contribution in [0.2, 0.25) is 0 Å². The first-order chi connectivity index (χ1) is 13.5. The van der Waals surface area contributed by atoms with E-state index in [0.29, 0.717) is 12.2 Å². The highest BCUT2D eigenvalue weighted by Gasteiger charge is 2.25. The molecule has 2 amide bonds. The lowest BCUT2D eigenvalue weighted by atomic mass is 9.84. The number of hydrogen-bond donors (Lipinski definition) is 2. The molecule has 0 spiro atoms. The van der Waals surface area contributed by atoms with Crippen molar-refractivity contribution in [1.29, 1.82) is 0 Å². The average molecular weight is 418 g/mol. The van der Waals surface area contributed by atoms with Crippen LogP contribution in [0.25, 0.3) is 0 Å². The van der Waals surface area contributed by atoms with Crippen LogP contribution in [0.4, 0.5) is 5.69 Å². The highest BCUT2D eigenvalue weighted by Crippen LogP contribution is 2.22. The molecule has 2 aromatic carbocycles. The topological polar surface area (TPSA) is 95.6 Å². The van der Waals surface area contributed by atoms with E-state index in [1.165, 1.54) is 38.2 Å². The molecule has 2 aromatic rings. The van der Waals surface area contributed by atoms with E-state index in [4.69, 9.17) is 0 Å². The van der Waals surface area contributed by atoms with Crippen LogP contribution in [0, 0.1) is 0 Å². The van der Waals surface area contributed by atoms with Crippen molar-refractivity contribution in [3.05, 3.63) is 60.2 Å². The van der Waals surface area contributed by atoms with E-state index in [-0.39, 0.29) is 28.7 Å². The number of likely N-dealkylation sites (N-methyl/N-ethyl adjacent to an activating group) is 1. The summed E-state index contributed by atoms with van der Waals surface area (Å²) in [5.41, 5.74) is 1.30. The third-order valence-corrected chi connectivity index (χ3v) is 6.35. The number of benzene rings is 2. The van der Waals surface area contributed by atoms with Gasteiger partial charge in [0.05, 0.1) is 11.4 Å². The van der Waals surface area contributed by atoms with Gasteiger partial charge in [-0.25, -0.2) is 8.42 Å². The lowest BCUT2D eigenvalue weighted by Gasteiger charge is -2.26. The molecule has 0 saturated carbocycles. The molecule has 0 fully saturated rings. The van der Waals surface area contributed by atoms with E-state index in [2.05, 4.69) is 10.6 Å². The molecular formula is C21H27N3O4S. The molecule has 0 aliphatic heterocycles. The maximum atomic E-state index is 12.7. The number of carbonyl (C=O) groups excluding carboxylic acids is 2. The zero-order valence-corrected chi connectivity index (χ0v) is 17.9. The third-order valence-electron chi connectivity index (χ3n) is 4.53. The summed E-state index contributed by atoms with van der Waals surface area (Å²) < 4.78 is 26.4. The fourth-order valence-corrected chi connectivity index (χ4v) is 3.87. The van der Waals surface area contributed by atoms with Gasteiger partial charge in [-0.15, -0.1) is 0 Å². The van der Waals surface area contributed by atoms with Gasteiger partial charge in [0, 0.05) is 31.6 Å². The maximum Gasteiger partial charge on any atom is 0.243 e. The van der Waals surface area contributed by atoms with Crippen molar-refractivity contribution in [3.63, 3.8) is 0 Å². The van der Waals surface area contributed by atoms with Crippen molar-refractivity contribution in [1.82, 2.24) is 9.62 Å². The Labute approximate surface area is 172 Å². The van der Waals surface area contributed by atoms with Gasteiger partial charge >= 0.3 is 0 Å². The number of anilines is 1. The molecule has 2 N–H and O–H groups in total. The molecule has 0 saturated heterocycles. The van der Waals surface area contributed by atoms with E-state index < -0.39 is 10.0 Å². The first-order valence-corrected chi connectivity index (χ1v) is 10.6. The van der Waals surface area contributed by atoms with Crippen LogP contribution in [-0.2, 0) is 25.0 Å². The summed E-state index contributed by atoms with van der Waals surface area (Å²) in [7, 11) is -2.47. The van der Waals surface area contributed by atoms with Gasteiger partial charge in [-0.05, 0) is 29.8 Å². The molecule has 2 rings (SSSR count). The minimum Gasteiger partial charge on any atom is -0.354 e. The predicted molar refractivity (Wildman–Crippen MR) is 113 cm³/mol. The number of sulfonamides is 1. The Bertz CT molecular complexity index is 955. The molecule has 0 aliphatic rings. The van der Waals surface area contributed by atoms with Crippen molar-refractivity contribution in [2.45, 2.75) is 31.1 Å². The fourth-order valence-electron chi connectivity index (χ4n) is 2.75. The van der Waals surface area contributed by atoms with Gasteiger partial charge < -0.3 is 10.6 Å². The third kappa shape index (κ3) is 6.13. The molecule has 7 nitrogen and oxygen atoms in total. The van der Waals surface area contributed by atoms with Crippen LogP contribution in [0.15, 0.2) is 59.5 Å². The molecule has 0 aliphatic carbocycles. The zero-order valence-electron chi connectivity index (χ0n) is 17.1. The average Bonchev–Trinajstić information content (AvgIpc) is 2.67. The SMILES string of the molecule is CC(=O)Nc1ccc(S(=O)(=O)N(C)CC(=O)NCC(C)(C)c2ccccc2)cc1. The lowest BCUT2D eigenvalue weighted by molar-refractivity contribution is -0.121. The molecule has 0 unspecified atom stereocenters. The molecule has 0 heterocycles. The zero-order chi connectivity index (χ0) is 21.7. The Morgan fingerprint density at radius 1 is 1.00 bits per heavy atom. The van der Waals surface area contributed by atoms with E-state index >= 15 is 0 Å². The van der Waals surface area contributed by atoms with Crippen LogP contribution >= 0.6 is 0 Å². The first-order valence-electron chi connectivity index (χ1n) is 9.18. The molecular weight excluding hydrogens is 390 g/mol. The standard InChI is InChI=1S/C21H27N3O4S/c1-16(25)23-18-10-12-19(13-11-18)29(27,28)24(4)14-20(26)22-15-21(2,3)17-8-6-5-7-9-17/h5-13H,14-15H2,1-4H3,(H,22,26)(H,23,25). The van der Waals surface area contributed by atoms with Crippen LogP contribution in [0.3, 0.4) is 0 Å². The van der Waals surface area contributed by atoms with Crippen molar-refractivity contribution in [2.24, 2.45) is 0 Å². The van der Waals surface area contributed by atoms with Gasteiger partial charge in [-0.2, -0.15) is 4.31 Å². The van der Waals surface area contributed by atoms with Gasteiger partial charge in [-0.3, -0.25) is 9.59 Å². The number of amides is 2. The molecule has 29 heavy (non-hydrogen) atoms. The summed E-state index contributed by atoms with van der Waals surface area (Å²) in [6, 6.07) is 15.6. The number of rotatable bonds is 8. The fraction of sp³-hybridized carbons (Fsp3) is 0.333. The van der Waals surface area contributed by atoms with Crippen molar-refractivity contribution < 1.29 is 18.0 Å². The molecule has 0 atom stereocenters. The molecule has 0 bridgehead atoms. The maximum absolute atomic E-state index is 12.7. The van der Waals surface area contributed by atoms with E-state index in [9.17, 15) is 18.0 Å². The van der Waals surface area contributed by atoms with Gasteiger partial charge in [0.1, 0.15) is 0 Å². The van der Waals surface area contributed by atoms with Gasteiger partial charge in [0.2, 0.25) is 21.8 Å².